The smallest absolute Gasteiger partial charge is 0.0107 e. The van der Waals surface area contributed by atoms with Gasteiger partial charge in [0.05, 0.1) is 0 Å². The lowest BCUT2D eigenvalue weighted by molar-refractivity contribution is 0.223. The monoisotopic (exact) mass is 245 g/mol. The van der Waals surface area contributed by atoms with Crippen molar-refractivity contribution in [2.75, 3.05) is 39.3 Å². The summed E-state index contributed by atoms with van der Waals surface area (Å²) in [5.41, 5.74) is 5.67. The molecule has 1 aliphatic rings. The molecule has 1 rings (SSSR count). The van der Waals surface area contributed by atoms with E-state index in [1.54, 1.807) is 0 Å². The molecule has 0 aromatic heterocycles. The lowest BCUT2D eigenvalue weighted by atomic mass is 10.0. The van der Waals surface area contributed by atoms with Crippen molar-refractivity contribution in [3.05, 3.63) is 0 Å². The summed E-state index contributed by atoms with van der Waals surface area (Å²) in [6.45, 7) is 17.0. The maximum Gasteiger partial charge on any atom is 0.0107 e. The third kappa shape index (κ3) is 10.7. The maximum absolute atomic E-state index is 5.67. The second-order valence-electron chi connectivity index (χ2n) is 3.89. The molecule has 0 aromatic carbocycles. The van der Waals surface area contributed by atoms with Crippen LogP contribution in [0.2, 0.25) is 0 Å². The molecule has 1 aliphatic heterocycles. The quantitative estimate of drug-likeness (QED) is 0.781. The molecule has 0 aliphatic carbocycles. The fraction of sp³-hybridized carbons (Fsp3) is 1.00. The molecule has 0 radical (unpaired) electrons. The van der Waals surface area contributed by atoms with Crippen molar-refractivity contribution in [1.29, 1.82) is 0 Å². The molecule has 0 aromatic rings. The average molecular weight is 245 g/mol. The molecule has 0 amide bonds. The van der Waals surface area contributed by atoms with E-state index in [0.717, 1.165) is 25.6 Å². The van der Waals surface area contributed by atoms with Crippen molar-refractivity contribution in [2.45, 2.75) is 47.5 Å². The largest absolute Gasteiger partial charge is 0.330 e. The van der Waals surface area contributed by atoms with E-state index in [9.17, 15) is 0 Å². The fourth-order valence-corrected chi connectivity index (χ4v) is 1.79. The topological polar surface area (TPSA) is 41.3 Å². The average Bonchev–Trinajstić information content (AvgIpc) is 2.45. The number of nitrogens with zero attached hydrogens (tertiary/aromatic N) is 1. The zero-order chi connectivity index (χ0) is 13.5. The van der Waals surface area contributed by atoms with Gasteiger partial charge in [-0.05, 0) is 25.4 Å². The van der Waals surface area contributed by atoms with Gasteiger partial charge < -0.3 is 16.0 Å². The molecule has 1 saturated heterocycles. The van der Waals surface area contributed by atoms with Gasteiger partial charge in [0.25, 0.3) is 0 Å². The highest BCUT2D eigenvalue weighted by molar-refractivity contribution is 4.69. The van der Waals surface area contributed by atoms with Gasteiger partial charge in [0, 0.05) is 26.2 Å². The minimum absolute atomic E-state index is 0.731. The van der Waals surface area contributed by atoms with Crippen molar-refractivity contribution in [3.8, 4) is 0 Å². The summed E-state index contributed by atoms with van der Waals surface area (Å²) >= 11 is 0. The summed E-state index contributed by atoms with van der Waals surface area (Å²) in [5, 5.41) is 3.36. The third-order valence-corrected chi connectivity index (χ3v) is 2.97. The van der Waals surface area contributed by atoms with Crippen LogP contribution in [-0.2, 0) is 0 Å². The molecule has 0 bridgehead atoms. The first kappa shape index (κ1) is 19.2. The van der Waals surface area contributed by atoms with Gasteiger partial charge in [-0.15, -0.1) is 0 Å². The van der Waals surface area contributed by atoms with Crippen molar-refractivity contribution in [1.82, 2.24) is 10.2 Å². The Labute approximate surface area is 109 Å². The van der Waals surface area contributed by atoms with E-state index in [-0.39, 0.29) is 0 Å². The second-order valence-corrected chi connectivity index (χ2v) is 3.89. The van der Waals surface area contributed by atoms with Crippen LogP contribution in [0.4, 0.5) is 0 Å². The van der Waals surface area contributed by atoms with Gasteiger partial charge in [-0.2, -0.15) is 0 Å². The van der Waals surface area contributed by atoms with E-state index in [0.29, 0.717) is 0 Å². The summed E-state index contributed by atoms with van der Waals surface area (Å²) in [5.74, 6) is 0.731. The first-order valence-electron chi connectivity index (χ1n) is 7.50. The Hall–Kier alpha value is -0.120. The number of nitrogens with one attached hydrogen (secondary N) is 1. The first-order valence-corrected chi connectivity index (χ1v) is 7.50. The Kier molecular flexibility index (Phi) is 18.0. The molecule has 3 N–H and O–H groups in total. The Morgan fingerprint density at radius 2 is 1.65 bits per heavy atom. The van der Waals surface area contributed by atoms with E-state index < -0.39 is 0 Å². The van der Waals surface area contributed by atoms with Crippen LogP contribution in [0.5, 0.6) is 0 Å². The summed E-state index contributed by atoms with van der Waals surface area (Å²) < 4.78 is 0. The fourth-order valence-electron chi connectivity index (χ4n) is 1.79. The highest BCUT2D eigenvalue weighted by Crippen LogP contribution is 2.07. The zero-order valence-electron chi connectivity index (χ0n) is 12.8. The Bertz CT molecular complexity index is 119. The molecule has 3 heteroatoms. The van der Waals surface area contributed by atoms with Crippen LogP contribution < -0.4 is 11.1 Å². The van der Waals surface area contributed by atoms with Gasteiger partial charge in [-0.1, -0.05) is 41.0 Å². The lowest BCUT2D eigenvalue weighted by Gasteiger charge is -2.28. The Morgan fingerprint density at radius 3 is 2.06 bits per heavy atom. The second kappa shape index (κ2) is 15.9. The summed E-state index contributed by atoms with van der Waals surface area (Å²) in [6, 6.07) is 0. The molecule has 1 unspecified atom stereocenters. The van der Waals surface area contributed by atoms with Gasteiger partial charge >= 0.3 is 0 Å². The van der Waals surface area contributed by atoms with Gasteiger partial charge in [0.1, 0.15) is 0 Å². The minimum atomic E-state index is 0.731. The summed E-state index contributed by atoms with van der Waals surface area (Å²) in [4.78, 5) is 2.54. The number of hydrogen-bond donors (Lipinski definition) is 2. The first-order chi connectivity index (χ1) is 8.36. The molecule has 0 spiro atoms. The predicted molar refractivity (Wildman–Crippen MR) is 79.5 cm³/mol. The van der Waals surface area contributed by atoms with E-state index in [2.05, 4.69) is 17.1 Å². The van der Waals surface area contributed by atoms with Crippen LogP contribution in [0.3, 0.4) is 0 Å². The Balaban J connectivity index is 0. The molecular formula is C14H35N3. The van der Waals surface area contributed by atoms with Gasteiger partial charge in [0.2, 0.25) is 0 Å². The van der Waals surface area contributed by atoms with E-state index in [1.165, 1.54) is 32.5 Å². The third-order valence-electron chi connectivity index (χ3n) is 2.97. The van der Waals surface area contributed by atoms with E-state index in [1.807, 2.05) is 27.7 Å². The summed E-state index contributed by atoms with van der Waals surface area (Å²) in [7, 11) is 0. The number of nitrogens with two attached hydrogens (primary N) is 1. The van der Waals surface area contributed by atoms with Crippen molar-refractivity contribution < 1.29 is 0 Å². The van der Waals surface area contributed by atoms with Gasteiger partial charge in [-0.3, -0.25) is 0 Å². The normalized spacial score (nSPS) is 17.3. The highest BCUT2D eigenvalue weighted by atomic mass is 15.2. The van der Waals surface area contributed by atoms with Crippen LogP contribution in [0.1, 0.15) is 47.5 Å². The molecule has 0 saturated carbocycles. The molecular weight excluding hydrogens is 210 g/mol. The lowest BCUT2D eigenvalue weighted by Crippen LogP contribution is -2.44. The highest BCUT2D eigenvalue weighted by Gasteiger charge is 2.11. The van der Waals surface area contributed by atoms with Crippen molar-refractivity contribution in [3.63, 3.8) is 0 Å². The maximum atomic E-state index is 5.67. The minimum Gasteiger partial charge on any atom is -0.330 e. The van der Waals surface area contributed by atoms with Crippen LogP contribution in [0.15, 0.2) is 0 Å². The SMILES string of the molecule is CC.CC.CCC(CN)CCN1CCNCC1. The van der Waals surface area contributed by atoms with Gasteiger partial charge in [-0.25, -0.2) is 0 Å². The number of rotatable bonds is 5. The van der Waals surface area contributed by atoms with E-state index >= 15 is 0 Å². The van der Waals surface area contributed by atoms with Gasteiger partial charge in [0.15, 0.2) is 0 Å². The van der Waals surface area contributed by atoms with Crippen LogP contribution >= 0.6 is 0 Å². The number of hydrogen-bond acceptors (Lipinski definition) is 3. The molecule has 17 heavy (non-hydrogen) atoms. The molecule has 106 valence electrons. The van der Waals surface area contributed by atoms with Crippen molar-refractivity contribution in [2.24, 2.45) is 11.7 Å². The molecule has 1 fully saturated rings. The zero-order valence-corrected chi connectivity index (χ0v) is 12.8. The Morgan fingerprint density at radius 1 is 1.12 bits per heavy atom. The van der Waals surface area contributed by atoms with Crippen LogP contribution in [0.25, 0.3) is 0 Å². The van der Waals surface area contributed by atoms with E-state index in [4.69, 9.17) is 5.73 Å². The molecule has 1 atom stereocenters. The summed E-state index contributed by atoms with van der Waals surface area (Å²) in [6.07, 6.45) is 2.50. The molecule has 1 heterocycles. The van der Waals surface area contributed by atoms with Crippen LogP contribution in [-0.4, -0.2) is 44.2 Å². The van der Waals surface area contributed by atoms with Crippen molar-refractivity contribution >= 4 is 0 Å². The van der Waals surface area contributed by atoms with Crippen LogP contribution in [0, 0.1) is 5.92 Å². The standard InChI is InChI=1S/C10H23N3.2C2H6/c1-2-10(9-11)3-6-13-7-4-12-5-8-13;2*1-2/h10,12H,2-9,11H2,1H3;2*1-2H3. The number of piperazine rings is 1. The predicted octanol–water partition coefficient (Wildman–Crippen LogP) is 2.32. The molecule has 3 nitrogen and oxygen atoms in total.